The van der Waals surface area contributed by atoms with E-state index in [0.717, 1.165) is 5.56 Å². The SMILES string of the molecule is Cc1cc(Oc2ccccc2F)ncc1-n1ncc(C(=O)C2=Cc3cc(OC(F)F)c(CC4CCN(S(C)(=O)=O)CC4)cc3C2)c1N. The quantitative estimate of drug-likeness (QED) is 0.213. The average molecular weight is 668 g/mol. The Bertz CT molecular complexity index is 1990. The molecule has 1 fully saturated rings. The second kappa shape index (κ2) is 12.8. The normalized spacial score (nSPS) is 15.5. The van der Waals surface area contributed by atoms with Gasteiger partial charge in [-0.25, -0.2) is 26.8 Å². The third kappa shape index (κ3) is 6.88. The number of halogens is 3. The van der Waals surface area contributed by atoms with E-state index >= 15 is 0 Å². The zero-order valence-corrected chi connectivity index (χ0v) is 26.4. The molecule has 47 heavy (non-hydrogen) atoms. The molecule has 2 N–H and O–H groups in total. The number of nitrogens with two attached hydrogens (primary N) is 1. The number of sulfonamides is 1. The number of Topliss-reactive ketones (excluding diaryl/α,β-unsaturated/α-hetero) is 1. The summed E-state index contributed by atoms with van der Waals surface area (Å²) in [4.78, 5) is 17.9. The molecule has 3 heterocycles. The van der Waals surface area contributed by atoms with Crippen molar-refractivity contribution in [2.75, 3.05) is 25.1 Å². The van der Waals surface area contributed by atoms with Gasteiger partial charge in [0.1, 0.15) is 11.6 Å². The Morgan fingerprint density at radius 1 is 1.11 bits per heavy atom. The van der Waals surface area contributed by atoms with E-state index in [4.69, 9.17) is 15.2 Å². The van der Waals surface area contributed by atoms with Gasteiger partial charge in [0.2, 0.25) is 15.9 Å². The summed E-state index contributed by atoms with van der Waals surface area (Å²) in [7, 11) is -3.29. The molecule has 246 valence electrons. The lowest BCUT2D eigenvalue weighted by Crippen LogP contribution is -2.38. The second-order valence-corrected chi connectivity index (χ2v) is 13.7. The van der Waals surface area contributed by atoms with Gasteiger partial charge in [0.05, 0.1) is 29.9 Å². The average Bonchev–Trinajstić information content (AvgIpc) is 3.61. The molecule has 2 aromatic heterocycles. The molecule has 6 rings (SSSR count). The van der Waals surface area contributed by atoms with Crippen LogP contribution in [-0.4, -0.2) is 59.2 Å². The highest BCUT2D eigenvalue weighted by Crippen LogP contribution is 2.37. The first-order valence-corrected chi connectivity index (χ1v) is 16.8. The van der Waals surface area contributed by atoms with Gasteiger partial charge in [0, 0.05) is 31.1 Å². The monoisotopic (exact) mass is 667 g/mol. The molecule has 10 nitrogen and oxygen atoms in total. The minimum Gasteiger partial charge on any atom is -0.436 e. The number of hydrogen-bond acceptors (Lipinski definition) is 8. The fourth-order valence-electron chi connectivity index (χ4n) is 6.03. The van der Waals surface area contributed by atoms with E-state index in [1.807, 2.05) is 0 Å². The third-order valence-corrected chi connectivity index (χ3v) is 9.78. The molecule has 0 bridgehead atoms. The van der Waals surface area contributed by atoms with Crippen LogP contribution in [-0.2, 0) is 22.9 Å². The summed E-state index contributed by atoms with van der Waals surface area (Å²) in [6.07, 6.45) is 7.54. The number of aryl methyl sites for hydroxylation is 1. The second-order valence-electron chi connectivity index (χ2n) is 11.7. The van der Waals surface area contributed by atoms with E-state index in [2.05, 4.69) is 10.1 Å². The number of nitrogens with zero attached hydrogens (tertiary/aromatic N) is 4. The number of pyridine rings is 1. The minimum absolute atomic E-state index is 0.0272. The highest BCUT2D eigenvalue weighted by molar-refractivity contribution is 7.88. The summed E-state index contributed by atoms with van der Waals surface area (Å²) in [6.45, 7) is -0.518. The van der Waals surface area contributed by atoms with Crippen LogP contribution in [0.3, 0.4) is 0 Å². The number of ether oxygens (including phenoxy) is 2. The van der Waals surface area contributed by atoms with Gasteiger partial charge in [-0.1, -0.05) is 18.2 Å². The standard InChI is InChI=1S/C33H32F3N5O5S/c1-19-11-30(45-28-6-4-3-5-26(28)34)38-18-27(19)41-32(37)25(17-39-41)31(42)24-14-21-13-23(29(46-33(35)36)16-22(21)15-24)12-20-7-9-40(10-8-20)47(2,43)44/h3-6,11,13,15-18,20,33H,7-10,12,14,37H2,1-2H3. The predicted octanol–water partition coefficient (Wildman–Crippen LogP) is 5.73. The van der Waals surface area contributed by atoms with Crippen LogP contribution >= 0.6 is 0 Å². The number of allylic oxidation sites excluding steroid dienone is 1. The third-order valence-electron chi connectivity index (χ3n) is 8.48. The molecule has 0 spiro atoms. The molecule has 14 heteroatoms. The molecular formula is C33H32F3N5O5S. The zero-order valence-electron chi connectivity index (χ0n) is 25.6. The van der Waals surface area contributed by atoms with Gasteiger partial charge < -0.3 is 15.2 Å². The number of ketones is 1. The van der Waals surface area contributed by atoms with E-state index in [0.29, 0.717) is 60.3 Å². The van der Waals surface area contributed by atoms with Crippen LogP contribution in [0.15, 0.2) is 60.4 Å². The van der Waals surface area contributed by atoms with Gasteiger partial charge in [0.15, 0.2) is 17.3 Å². The number of piperidine rings is 1. The van der Waals surface area contributed by atoms with Crippen LogP contribution in [0.1, 0.15) is 45.5 Å². The first-order chi connectivity index (χ1) is 22.4. The van der Waals surface area contributed by atoms with E-state index in [1.54, 1.807) is 37.3 Å². The fourth-order valence-corrected chi connectivity index (χ4v) is 6.90. The Labute approximate surface area is 269 Å². The summed E-state index contributed by atoms with van der Waals surface area (Å²) in [5.41, 5.74) is 10.1. The largest absolute Gasteiger partial charge is 0.436 e. The van der Waals surface area contributed by atoms with Crippen LogP contribution in [0.5, 0.6) is 17.4 Å². The summed E-state index contributed by atoms with van der Waals surface area (Å²) in [5.74, 6) is -0.485. The van der Waals surface area contributed by atoms with Crippen molar-refractivity contribution in [2.24, 2.45) is 5.92 Å². The Hall–Kier alpha value is -4.69. The lowest BCUT2D eigenvalue weighted by molar-refractivity contribution is -0.0506. The topological polar surface area (TPSA) is 130 Å². The van der Waals surface area contributed by atoms with Crippen LogP contribution in [0.25, 0.3) is 11.8 Å². The number of aromatic nitrogens is 3. The smallest absolute Gasteiger partial charge is 0.387 e. The van der Waals surface area contributed by atoms with Gasteiger partial charge in [-0.15, -0.1) is 0 Å². The molecule has 0 atom stereocenters. The number of hydrogen-bond donors (Lipinski definition) is 1. The molecule has 4 aromatic rings. The van der Waals surface area contributed by atoms with Gasteiger partial charge in [-0.05, 0) is 78.6 Å². The van der Waals surface area contributed by atoms with Crippen molar-refractivity contribution in [1.82, 2.24) is 19.1 Å². The molecule has 0 radical (unpaired) electrons. The number of carbonyl (C=O) groups is 1. The number of anilines is 1. The molecule has 2 aromatic carbocycles. The molecule has 0 saturated carbocycles. The van der Waals surface area contributed by atoms with Crippen molar-refractivity contribution in [1.29, 1.82) is 0 Å². The van der Waals surface area contributed by atoms with E-state index in [9.17, 15) is 26.4 Å². The van der Waals surface area contributed by atoms with Crippen LogP contribution in [0.4, 0.5) is 19.0 Å². The highest BCUT2D eigenvalue weighted by atomic mass is 32.2. The Balaban J connectivity index is 1.19. The summed E-state index contributed by atoms with van der Waals surface area (Å²) >= 11 is 0. The summed E-state index contributed by atoms with van der Waals surface area (Å²) < 4.78 is 77.8. The fraction of sp³-hybridized carbons (Fsp3) is 0.303. The number of carbonyl (C=O) groups excluding carboxylic acids is 1. The van der Waals surface area contributed by atoms with E-state index < -0.39 is 22.5 Å². The van der Waals surface area contributed by atoms with Crippen molar-refractivity contribution in [3.8, 4) is 23.1 Å². The predicted molar refractivity (Wildman–Crippen MR) is 169 cm³/mol. The van der Waals surface area contributed by atoms with Crippen molar-refractivity contribution in [3.63, 3.8) is 0 Å². The number of alkyl halides is 2. The van der Waals surface area contributed by atoms with E-state index in [1.165, 1.54) is 45.8 Å². The first kappa shape index (κ1) is 32.3. The van der Waals surface area contributed by atoms with Crippen molar-refractivity contribution in [2.45, 2.75) is 39.2 Å². The highest BCUT2D eigenvalue weighted by Gasteiger charge is 2.29. The molecule has 1 aliphatic heterocycles. The Morgan fingerprint density at radius 2 is 1.85 bits per heavy atom. The maximum atomic E-state index is 14.0. The summed E-state index contributed by atoms with van der Waals surface area (Å²) in [5, 5.41) is 4.32. The summed E-state index contributed by atoms with van der Waals surface area (Å²) in [6, 6.07) is 10.9. The van der Waals surface area contributed by atoms with Gasteiger partial charge >= 0.3 is 6.61 Å². The van der Waals surface area contributed by atoms with E-state index in [-0.39, 0.29) is 46.9 Å². The van der Waals surface area contributed by atoms with Gasteiger partial charge in [-0.2, -0.15) is 13.9 Å². The molecule has 0 unspecified atom stereocenters. The lowest BCUT2D eigenvalue weighted by atomic mass is 9.89. The van der Waals surface area contributed by atoms with Crippen LogP contribution < -0.4 is 15.2 Å². The molecule has 0 amide bonds. The van der Waals surface area contributed by atoms with Crippen molar-refractivity contribution in [3.05, 3.63) is 94.1 Å². The zero-order chi connectivity index (χ0) is 33.5. The van der Waals surface area contributed by atoms with Crippen LogP contribution in [0.2, 0.25) is 0 Å². The number of rotatable bonds is 10. The number of nitrogen functional groups attached to an aromatic ring is 1. The van der Waals surface area contributed by atoms with Crippen molar-refractivity contribution < 1.29 is 35.9 Å². The van der Waals surface area contributed by atoms with Gasteiger partial charge in [0.25, 0.3) is 0 Å². The minimum atomic E-state index is -3.29. The van der Waals surface area contributed by atoms with Crippen LogP contribution in [0, 0.1) is 18.7 Å². The van der Waals surface area contributed by atoms with Gasteiger partial charge in [-0.3, -0.25) is 4.79 Å². The molecular weight excluding hydrogens is 635 g/mol. The Morgan fingerprint density at radius 3 is 2.53 bits per heavy atom. The molecule has 1 saturated heterocycles. The Kier molecular flexibility index (Phi) is 8.81. The molecule has 1 aliphatic carbocycles. The lowest BCUT2D eigenvalue weighted by Gasteiger charge is -2.30. The number of fused-ring (bicyclic) bond motifs is 1. The number of benzene rings is 2. The first-order valence-electron chi connectivity index (χ1n) is 14.9. The number of para-hydroxylation sites is 1. The molecule has 2 aliphatic rings. The maximum Gasteiger partial charge on any atom is 0.387 e. The van der Waals surface area contributed by atoms with Crippen molar-refractivity contribution >= 4 is 27.7 Å². The maximum absolute atomic E-state index is 14.0.